The molecule has 0 aromatic heterocycles. The first-order chi connectivity index (χ1) is 13.3. The van der Waals surface area contributed by atoms with Crippen molar-refractivity contribution in [2.24, 2.45) is 5.92 Å². The highest BCUT2D eigenvalue weighted by atomic mass is 16.7. The van der Waals surface area contributed by atoms with Gasteiger partial charge in [0, 0.05) is 0 Å². The smallest absolute Gasteiger partial charge is 0.251 e. The van der Waals surface area contributed by atoms with Gasteiger partial charge in [0.25, 0.3) is 5.91 Å². The van der Waals surface area contributed by atoms with Crippen molar-refractivity contribution in [1.82, 2.24) is 5.06 Å². The lowest BCUT2D eigenvalue weighted by atomic mass is 9.83. The first-order valence-electron chi connectivity index (χ1n) is 9.74. The summed E-state index contributed by atoms with van der Waals surface area (Å²) in [7, 11) is 0. The van der Waals surface area contributed by atoms with Gasteiger partial charge in [0.1, 0.15) is 6.61 Å². The second-order valence-corrected chi connectivity index (χ2v) is 7.23. The molecular weight excluding hydrogens is 334 g/mol. The third-order valence-corrected chi connectivity index (χ3v) is 5.49. The third kappa shape index (κ3) is 3.74. The van der Waals surface area contributed by atoms with Crippen molar-refractivity contribution >= 4 is 16.7 Å². The quantitative estimate of drug-likeness (QED) is 0.547. The van der Waals surface area contributed by atoms with Gasteiger partial charge in [-0.05, 0) is 41.2 Å². The molecule has 1 aliphatic rings. The number of fused-ring (bicyclic) bond motifs is 1. The number of hydrogen-bond donors (Lipinski definition) is 0. The topological polar surface area (TPSA) is 29.5 Å². The predicted octanol–water partition coefficient (Wildman–Crippen LogP) is 5.14. The van der Waals surface area contributed by atoms with Gasteiger partial charge in [-0.3, -0.25) is 9.63 Å². The fraction of sp³-hybridized carbons (Fsp3) is 0.292. The van der Waals surface area contributed by atoms with E-state index in [1.165, 1.54) is 16.3 Å². The standard InChI is InChI=1S/C24H25NO2/c1-2-23-22(24(26)25(23)27-17-19-8-4-3-5-9-19)15-13-18-12-14-20-10-6-7-11-21(20)16-18/h3-12,14,16,22-23H,2,13,15,17H2,1H3/t22-,23-/m1/s1. The Morgan fingerprint density at radius 1 is 0.889 bits per heavy atom. The number of amides is 1. The zero-order valence-corrected chi connectivity index (χ0v) is 15.7. The molecule has 1 aliphatic heterocycles. The number of carbonyl (C=O) groups excluding carboxylic acids is 1. The molecule has 0 N–H and O–H groups in total. The molecule has 2 atom stereocenters. The van der Waals surface area contributed by atoms with Gasteiger partial charge in [0.15, 0.2) is 0 Å². The number of nitrogens with zero attached hydrogens (tertiary/aromatic N) is 1. The maximum atomic E-state index is 12.6. The van der Waals surface area contributed by atoms with Crippen LogP contribution in [0.3, 0.4) is 0 Å². The van der Waals surface area contributed by atoms with Gasteiger partial charge < -0.3 is 0 Å². The molecule has 0 radical (unpaired) electrons. The molecule has 3 heteroatoms. The minimum Gasteiger partial charge on any atom is -0.272 e. The Morgan fingerprint density at radius 2 is 1.63 bits per heavy atom. The second-order valence-electron chi connectivity index (χ2n) is 7.23. The predicted molar refractivity (Wildman–Crippen MR) is 108 cm³/mol. The Balaban J connectivity index is 1.35. The van der Waals surface area contributed by atoms with Crippen molar-refractivity contribution in [3.63, 3.8) is 0 Å². The summed E-state index contributed by atoms with van der Waals surface area (Å²) in [6.07, 6.45) is 2.72. The van der Waals surface area contributed by atoms with Crippen LogP contribution in [0.5, 0.6) is 0 Å². The molecule has 1 amide bonds. The molecule has 3 aromatic carbocycles. The molecule has 3 nitrogen and oxygen atoms in total. The monoisotopic (exact) mass is 359 g/mol. The molecule has 0 saturated carbocycles. The molecule has 0 spiro atoms. The lowest BCUT2D eigenvalue weighted by Crippen LogP contribution is -2.60. The van der Waals surface area contributed by atoms with Crippen LogP contribution in [0.4, 0.5) is 0 Å². The minimum atomic E-state index is 0.0669. The van der Waals surface area contributed by atoms with Gasteiger partial charge in [0.05, 0.1) is 12.0 Å². The van der Waals surface area contributed by atoms with Gasteiger partial charge in [-0.25, -0.2) is 5.06 Å². The molecular formula is C24H25NO2. The van der Waals surface area contributed by atoms with Crippen molar-refractivity contribution in [3.05, 3.63) is 83.9 Å². The van der Waals surface area contributed by atoms with E-state index in [0.29, 0.717) is 6.61 Å². The molecule has 4 rings (SSSR count). The molecule has 1 fully saturated rings. The summed E-state index contributed by atoms with van der Waals surface area (Å²) in [5.74, 6) is 0.191. The average Bonchev–Trinajstić information content (AvgIpc) is 2.72. The van der Waals surface area contributed by atoms with Crippen LogP contribution in [0.1, 0.15) is 30.9 Å². The molecule has 3 aromatic rings. The minimum absolute atomic E-state index is 0.0669. The van der Waals surface area contributed by atoms with Crippen molar-refractivity contribution in [2.75, 3.05) is 0 Å². The van der Waals surface area contributed by atoms with Crippen LogP contribution in [-0.2, 0) is 22.7 Å². The van der Waals surface area contributed by atoms with Crippen LogP contribution in [0.2, 0.25) is 0 Å². The lowest BCUT2D eigenvalue weighted by molar-refractivity contribution is -0.249. The molecule has 0 aliphatic carbocycles. The van der Waals surface area contributed by atoms with Gasteiger partial charge in [-0.1, -0.05) is 79.7 Å². The number of hydrogen-bond acceptors (Lipinski definition) is 2. The van der Waals surface area contributed by atoms with E-state index in [1.807, 2.05) is 30.3 Å². The number of benzene rings is 3. The summed E-state index contributed by atoms with van der Waals surface area (Å²) < 4.78 is 0. The fourth-order valence-electron chi connectivity index (χ4n) is 3.93. The second kappa shape index (κ2) is 7.93. The largest absolute Gasteiger partial charge is 0.272 e. The first kappa shape index (κ1) is 17.7. The first-order valence-corrected chi connectivity index (χ1v) is 9.74. The van der Waals surface area contributed by atoms with Gasteiger partial charge in [-0.15, -0.1) is 0 Å². The highest BCUT2D eigenvalue weighted by Gasteiger charge is 2.46. The van der Waals surface area contributed by atoms with Gasteiger partial charge in [0.2, 0.25) is 0 Å². The van der Waals surface area contributed by atoms with Crippen molar-refractivity contribution < 1.29 is 9.63 Å². The number of carbonyl (C=O) groups is 1. The van der Waals surface area contributed by atoms with Crippen molar-refractivity contribution in [2.45, 2.75) is 38.8 Å². The van der Waals surface area contributed by atoms with E-state index in [-0.39, 0.29) is 17.9 Å². The van der Waals surface area contributed by atoms with E-state index < -0.39 is 0 Å². The summed E-state index contributed by atoms with van der Waals surface area (Å²) in [5, 5.41) is 4.11. The Hall–Kier alpha value is -2.65. The van der Waals surface area contributed by atoms with Gasteiger partial charge in [-0.2, -0.15) is 0 Å². The average molecular weight is 359 g/mol. The SMILES string of the molecule is CC[C@@H]1[C@@H](CCc2ccc3ccccc3c2)C(=O)N1OCc1ccccc1. The number of hydroxylamine groups is 2. The zero-order valence-electron chi connectivity index (χ0n) is 15.7. The van der Waals surface area contributed by atoms with E-state index in [4.69, 9.17) is 4.84 Å². The van der Waals surface area contributed by atoms with E-state index in [1.54, 1.807) is 5.06 Å². The van der Waals surface area contributed by atoms with Crippen LogP contribution in [0, 0.1) is 5.92 Å². The van der Waals surface area contributed by atoms with Crippen LogP contribution >= 0.6 is 0 Å². The summed E-state index contributed by atoms with van der Waals surface area (Å²) in [4.78, 5) is 18.4. The van der Waals surface area contributed by atoms with Crippen LogP contribution in [-0.4, -0.2) is 17.0 Å². The van der Waals surface area contributed by atoms with E-state index in [0.717, 1.165) is 24.8 Å². The van der Waals surface area contributed by atoms with Crippen molar-refractivity contribution in [1.29, 1.82) is 0 Å². The summed E-state index contributed by atoms with van der Waals surface area (Å²) >= 11 is 0. The Bertz CT molecular complexity index is 922. The molecule has 1 saturated heterocycles. The molecule has 138 valence electrons. The van der Waals surface area contributed by atoms with E-state index >= 15 is 0 Å². The third-order valence-electron chi connectivity index (χ3n) is 5.49. The maximum absolute atomic E-state index is 12.6. The zero-order chi connectivity index (χ0) is 18.6. The molecule has 0 unspecified atom stereocenters. The number of aryl methyl sites for hydroxylation is 1. The fourth-order valence-corrected chi connectivity index (χ4v) is 3.93. The maximum Gasteiger partial charge on any atom is 0.251 e. The Labute approximate surface area is 160 Å². The highest BCUT2D eigenvalue weighted by molar-refractivity contribution is 5.85. The van der Waals surface area contributed by atoms with Crippen LogP contribution < -0.4 is 0 Å². The number of β-lactam (4-membered cyclic amide) rings is 1. The lowest BCUT2D eigenvalue weighted by Gasteiger charge is -2.45. The van der Waals surface area contributed by atoms with Crippen LogP contribution in [0.25, 0.3) is 10.8 Å². The summed E-state index contributed by atoms with van der Waals surface area (Å²) in [5.41, 5.74) is 2.37. The van der Waals surface area contributed by atoms with E-state index in [2.05, 4.69) is 49.4 Å². The van der Waals surface area contributed by atoms with E-state index in [9.17, 15) is 4.79 Å². The number of rotatable bonds is 7. The molecule has 0 bridgehead atoms. The molecule has 27 heavy (non-hydrogen) atoms. The summed E-state index contributed by atoms with van der Waals surface area (Å²) in [6, 6.07) is 25.1. The molecule has 1 heterocycles. The Kier molecular flexibility index (Phi) is 5.21. The van der Waals surface area contributed by atoms with Crippen LogP contribution in [0.15, 0.2) is 72.8 Å². The normalized spacial score (nSPS) is 19.3. The Morgan fingerprint density at radius 3 is 2.41 bits per heavy atom. The summed E-state index contributed by atoms with van der Waals surface area (Å²) in [6.45, 7) is 2.57. The van der Waals surface area contributed by atoms with Crippen molar-refractivity contribution in [3.8, 4) is 0 Å². The highest BCUT2D eigenvalue weighted by Crippen LogP contribution is 2.33. The van der Waals surface area contributed by atoms with Gasteiger partial charge >= 0.3 is 0 Å².